The van der Waals surface area contributed by atoms with Crippen LogP contribution < -0.4 is 19.5 Å². The molecule has 0 radical (unpaired) electrons. The van der Waals surface area contributed by atoms with Gasteiger partial charge >= 0.3 is 6.61 Å². The van der Waals surface area contributed by atoms with Crippen molar-refractivity contribution in [1.82, 2.24) is 4.98 Å². The molecule has 3 rings (SSSR count). The molecule has 0 aliphatic carbocycles. The van der Waals surface area contributed by atoms with Gasteiger partial charge in [-0.15, -0.1) is 11.3 Å². The van der Waals surface area contributed by atoms with E-state index in [1.807, 2.05) is 29.6 Å². The highest BCUT2D eigenvalue weighted by molar-refractivity contribution is 7.14. The molecule has 8 heteroatoms. The van der Waals surface area contributed by atoms with Crippen LogP contribution in [0.1, 0.15) is 5.56 Å². The topological polar surface area (TPSA) is 52.6 Å². The first-order valence-corrected chi connectivity index (χ1v) is 8.93. The number of hydrogen-bond donors (Lipinski definition) is 1. The Balaban J connectivity index is 1.73. The predicted molar refractivity (Wildman–Crippen MR) is 101 cm³/mol. The Morgan fingerprint density at radius 1 is 1.04 bits per heavy atom. The Morgan fingerprint density at radius 3 is 2.56 bits per heavy atom. The maximum atomic E-state index is 12.4. The molecule has 0 spiro atoms. The highest BCUT2D eigenvalue weighted by Crippen LogP contribution is 2.34. The van der Waals surface area contributed by atoms with Gasteiger partial charge in [-0.05, 0) is 24.3 Å². The molecule has 27 heavy (non-hydrogen) atoms. The van der Waals surface area contributed by atoms with Crippen LogP contribution in [-0.2, 0) is 6.54 Å². The van der Waals surface area contributed by atoms with Crippen molar-refractivity contribution in [1.29, 1.82) is 0 Å². The molecule has 0 fully saturated rings. The molecule has 0 saturated carbocycles. The fourth-order valence-electron chi connectivity index (χ4n) is 2.53. The number of hydrogen-bond acceptors (Lipinski definition) is 6. The van der Waals surface area contributed by atoms with Crippen molar-refractivity contribution in [3.05, 3.63) is 53.4 Å². The lowest BCUT2D eigenvalue weighted by atomic mass is 10.1. The van der Waals surface area contributed by atoms with Crippen molar-refractivity contribution in [2.24, 2.45) is 0 Å². The van der Waals surface area contributed by atoms with Gasteiger partial charge in [0.15, 0.2) is 16.6 Å². The SMILES string of the molecule is COc1ccccc1CNc1nc(-c2ccc(OC(F)F)c(OC)c2)cs1. The molecule has 0 atom stereocenters. The van der Waals surface area contributed by atoms with Gasteiger partial charge in [0, 0.05) is 23.1 Å². The lowest BCUT2D eigenvalue weighted by Crippen LogP contribution is -2.03. The Hall–Kier alpha value is -2.87. The van der Waals surface area contributed by atoms with E-state index in [1.165, 1.54) is 24.5 Å². The number of ether oxygens (including phenoxy) is 3. The molecule has 3 aromatic rings. The molecule has 142 valence electrons. The van der Waals surface area contributed by atoms with E-state index in [0.29, 0.717) is 12.2 Å². The summed E-state index contributed by atoms with van der Waals surface area (Å²) in [5.41, 5.74) is 2.48. The minimum Gasteiger partial charge on any atom is -0.496 e. The van der Waals surface area contributed by atoms with Crippen LogP contribution in [0.4, 0.5) is 13.9 Å². The van der Waals surface area contributed by atoms with E-state index < -0.39 is 6.61 Å². The number of rotatable bonds is 8. The Labute approximate surface area is 159 Å². The number of methoxy groups -OCH3 is 2. The van der Waals surface area contributed by atoms with Gasteiger partial charge in [0.05, 0.1) is 19.9 Å². The zero-order chi connectivity index (χ0) is 19.2. The number of nitrogens with zero attached hydrogens (tertiary/aromatic N) is 1. The second-order valence-electron chi connectivity index (χ2n) is 5.45. The van der Waals surface area contributed by atoms with E-state index in [0.717, 1.165) is 22.0 Å². The van der Waals surface area contributed by atoms with Crippen molar-refractivity contribution >= 4 is 16.5 Å². The second-order valence-corrected chi connectivity index (χ2v) is 6.31. The number of halogens is 2. The van der Waals surface area contributed by atoms with E-state index in [2.05, 4.69) is 15.0 Å². The number of anilines is 1. The molecule has 0 amide bonds. The van der Waals surface area contributed by atoms with Crippen molar-refractivity contribution in [2.75, 3.05) is 19.5 Å². The molecule has 5 nitrogen and oxygen atoms in total. The lowest BCUT2D eigenvalue weighted by Gasteiger charge is -2.10. The van der Waals surface area contributed by atoms with E-state index in [-0.39, 0.29) is 11.5 Å². The van der Waals surface area contributed by atoms with Crippen LogP contribution >= 0.6 is 11.3 Å². The van der Waals surface area contributed by atoms with Crippen LogP contribution in [0.15, 0.2) is 47.8 Å². The molecule has 0 saturated heterocycles. The lowest BCUT2D eigenvalue weighted by molar-refractivity contribution is -0.0512. The number of aromatic nitrogens is 1. The van der Waals surface area contributed by atoms with Crippen LogP contribution in [0.25, 0.3) is 11.3 Å². The third kappa shape index (κ3) is 4.65. The quantitative estimate of drug-likeness (QED) is 0.582. The van der Waals surface area contributed by atoms with Gasteiger partial charge < -0.3 is 19.5 Å². The number of thiazole rings is 1. The average molecular weight is 392 g/mol. The summed E-state index contributed by atoms with van der Waals surface area (Å²) in [5.74, 6) is 1.02. The number of alkyl halides is 2. The smallest absolute Gasteiger partial charge is 0.387 e. The number of nitrogens with one attached hydrogen (secondary N) is 1. The summed E-state index contributed by atoms with van der Waals surface area (Å²) in [6.07, 6.45) is 0. The first-order valence-electron chi connectivity index (χ1n) is 8.05. The highest BCUT2D eigenvalue weighted by Gasteiger charge is 2.13. The highest BCUT2D eigenvalue weighted by atomic mass is 32.1. The van der Waals surface area contributed by atoms with Crippen LogP contribution in [0, 0.1) is 0 Å². The normalized spacial score (nSPS) is 10.7. The predicted octanol–water partition coefficient (Wildman–Crippen LogP) is 5.04. The van der Waals surface area contributed by atoms with Gasteiger partial charge in [-0.3, -0.25) is 0 Å². The van der Waals surface area contributed by atoms with Crippen LogP contribution in [0.2, 0.25) is 0 Å². The second kappa shape index (κ2) is 8.68. The van der Waals surface area contributed by atoms with E-state index in [4.69, 9.17) is 9.47 Å². The molecule has 0 aliphatic rings. The summed E-state index contributed by atoms with van der Waals surface area (Å²) in [7, 11) is 3.04. The first-order chi connectivity index (χ1) is 13.1. The van der Waals surface area contributed by atoms with E-state index in [9.17, 15) is 8.78 Å². The summed E-state index contributed by atoms with van der Waals surface area (Å²) >= 11 is 1.45. The van der Waals surface area contributed by atoms with Crippen molar-refractivity contribution in [3.63, 3.8) is 0 Å². The first kappa shape index (κ1) is 18.9. The monoisotopic (exact) mass is 392 g/mol. The summed E-state index contributed by atoms with van der Waals surface area (Å²) in [6, 6.07) is 12.5. The number of para-hydroxylation sites is 1. The molecule has 1 N–H and O–H groups in total. The zero-order valence-corrected chi connectivity index (χ0v) is 15.6. The molecule has 1 heterocycles. The summed E-state index contributed by atoms with van der Waals surface area (Å²) < 4.78 is 39.8. The molecular formula is C19H18F2N2O3S. The maximum Gasteiger partial charge on any atom is 0.387 e. The third-order valence-corrected chi connectivity index (χ3v) is 4.60. The Bertz CT molecular complexity index is 902. The van der Waals surface area contributed by atoms with Gasteiger partial charge in [0.25, 0.3) is 0 Å². The average Bonchev–Trinajstić information content (AvgIpc) is 3.15. The summed E-state index contributed by atoms with van der Waals surface area (Å²) in [5, 5.41) is 5.88. The van der Waals surface area contributed by atoms with Gasteiger partial charge in [-0.2, -0.15) is 8.78 Å². The fraction of sp³-hybridized carbons (Fsp3) is 0.211. The zero-order valence-electron chi connectivity index (χ0n) is 14.7. The minimum absolute atomic E-state index is 0.0130. The van der Waals surface area contributed by atoms with E-state index >= 15 is 0 Å². The van der Waals surface area contributed by atoms with E-state index in [1.54, 1.807) is 19.2 Å². The molecular weight excluding hydrogens is 374 g/mol. The maximum absolute atomic E-state index is 12.4. The van der Waals surface area contributed by atoms with Gasteiger partial charge in [-0.1, -0.05) is 18.2 Å². The number of benzene rings is 2. The third-order valence-electron chi connectivity index (χ3n) is 3.80. The molecule has 0 aliphatic heterocycles. The van der Waals surface area contributed by atoms with Crippen LogP contribution in [0.3, 0.4) is 0 Å². The van der Waals surface area contributed by atoms with Crippen LogP contribution in [-0.4, -0.2) is 25.8 Å². The van der Waals surface area contributed by atoms with Crippen molar-refractivity contribution < 1.29 is 23.0 Å². The fourth-order valence-corrected chi connectivity index (χ4v) is 3.25. The Kier molecular flexibility index (Phi) is 6.08. The van der Waals surface area contributed by atoms with Gasteiger partial charge in [-0.25, -0.2) is 4.98 Å². The molecule has 2 aromatic carbocycles. The summed E-state index contributed by atoms with van der Waals surface area (Å²) in [6.45, 7) is -2.34. The summed E-state index contributed by atoms with van der Waals surface area (Å²) in [4.78, 5) is 4.54. The minimum atomic E-state index is -2.91. The Morgan fingerprint density at radius 2 is 1.81 bits per heavy atom. The van der Waals surface area contributed by atoms with Gasteiger partial charge in [0.1, 0.15) is 5.75 Å². The van der Waals surface area contributed by atoms with Gasteiger partial charge in [0.2, 0.25) is 0 Å². The van der Waals surface area contributed by atoms with Crippen molar-refractivity contribution in [3.8, 4) is 28.5 Å². The van der Waals surface area contributed by atoms with Crippen LogP contribution in [0.5, 0.6) is 17.2 Å². The molecule has 1 aromatic heterocycles. The largest absolute Gasteiger partial charge is 0.496 e. The molecule has 0 unspecified atom stereocenters. The molecule has 0 bridgehead atoms. The van der Waals surface area contributed by atoms with Crippen molar-refractivity contribution in [2.45, 2.75) is 13.2 Å². The standard InChI is InChI=1S/C19H18F2N2O3S/c1-24-15-6-4-3-5-13(15)10-22-19-23-14(11-27-19)12-7-8-16(26-18(20)21)17(9-12)25-2/h3-9,11,18H,10H2,1-2H3,(H,22,23).